The van der Waals surface area contributed by atoms with Crippen LogP contribution in [0.5, 0.6) is 0 Å². The van der Waals surface area contributed by atoms with Crippen LogP contribution in [0.15, 0.2) is 33.9 Å². The predicted molar refractivity (Wildman–Crippen MR) is 79.1 cm³/mol. The normalized spacial score (nSPS) is 14.7. The Morgan fingerprint density at radius 1 is 1.05 bits per heavy atom. The van der Waals surface area contributed by atoms with Crippen LogP contribution < -0.4 is 16.1 Å². The van der Waals surface area contributed by atoms with Crippen LogP contribution in [0.3, 0.4) is 0 Å². The SMILES string of the molecule is O=c1[nH]c(Cl)c(F)c(=O)n1-c1ccc(N2CCCC2)cc1. The molecule has 1 aromatic carbocycles. The Hall–Kier alpha value is -2.08. The average molecular weight is 310 g/mol. The molecule has 1 aromatic heterocycles. The molecule has 2 aromatic rings. The van der Waals surface area contributed by atoms with Crippen molar-refractivity contribution in [3.63, 3.8) is 0 Å². The van der Waals surface area contributed by atoms with Gasteiger partial charge >= 0.3 is 5.69 Å². The number of H-pyrrole nitrogens is 1. The van der Waals surface area contributed by atoms with Gasteiger partial charge in [0.15, 0.2) is 5.15 Å². The number of rotatable bonds is 2. The molecule has 1 N–H and O–H groups in total. The van der Waals surface area contributed by atoms with Crippen LogP contribution in [0, 0.1) is 5.82 Å². The summed E-state index contributed by atoms with van der Waals surface area (Å²) in [4.78, 5) is 28.0. The first-order valence-electron chi connectivity index (χ1n) is 6.63. The minimum Gasteiger partial charge on any atom is -0.372 e. The molecule has 0 spiro atoms. The number of aromatic nitrogens is 2. The Labute approximate surface area is 124 Å². The Morgan fingerprint density at radius 2 is 1.62 bits per heavy atom. The molecule has 1 aliphatic rings. The van der Waals surface area contributed by atoms with Gasteiger partial charge in [-0.1, -0.05) is 11.6 Å². The van der Waals surface area contributed by atoms with Gasteiger partial charge in [-0.25, -0.2) is 9.36 Å². The highest BCUT2D eigenvalue weighted by atomic mass is 35.5. The quantitative estimate of drug-likeness (QED) is 0.862. The summed E-state index contributed by atoms with van der Waals surface area (Å²) in [6.45, 7) is 1.99. The standard InChI is InChI=1S/C14H13ClFN3O2/c15-12-11(16)13(20)19(14(21)17-12)10-5-3-9(4-6-10)18-7-1-2-8-18/h3-6H,1-2,7-8H2,(H,17,21). The van der Waals surface area contributed by atoms with Gasteiger partial charge in [0, 0.05) is 18.8 Å². The number of anilines is 1. The molecule has 7 heteroatoms. The lowest BCUT2D eigenvalue weighted by molar-refractivity contribution is 0.584. The van der Waals surface area contributed by atoms with E-state index in [1.54, 1.807) is 12.1 Å². The molecule has 0 unspecified atom stereocenters. The van der Waals surface area contributed by atoms with Crippen molar-refractivity contribution >= 4 is 17.3 Å². The predicted octanol–water partition coefficient (Wildman–Crippen LogP) is 1.92. The molecule has 0 amide bonds. The molecule has 0 aliphatic carbocycles. The summed E-state index contributed by atoms with van der Waals surface area (Å²) in [6.07, 6.45) is 2.31. The first-order valence-corrected chi connectivity index (χ1v) is 7.01. The molecule has 21 heavy (non-hydrogen) atoms. The van der Waals surface area contributed by atoms with E-state index in [4.69, 9.17) is 11.6 Å². The van der Waals surface area contributed by atoms with Gasteiger partial charge in [0.2, 0.25) is 5.82 Å². The van der Waals surface area contributed by atoms with Crippen molar-refractivity contribution in [2.75, 3.05) is 18.0 Å². The van der Waals surface area contributed by atoms with Crippen molar-refractivity contribution in [3.05, 3.63) is 56.1 Å². The van der Waals surface area contributed by atoms with E-state index in [2.05, 4.69) is 9.88 Å². The van der Waals surface area contributed by atoms with Crippen LogP contribution in [0.25, 0.3) is 5.69 Å². The number of hydrogen-bond acceptors (Lipinski definition) is 3. The van der Waals surface area contributed by atoms with Crippen LogP contribution in [0.2, 0.25) is 5.15 Å². The molecule has 1 fully saturated rings. The number of hydrogen-bond donors (Lipinski definition) is 1. The lowest BCUT2D eigenvalue weighted by Crippen LogP contribution is -2.35. The molecule has 1 aliphatic heterocycles. The molecule has 0 radical (unpaired) electrons. The highest BCUT2D eigenvalue weighted by molar-refractivity contribution is 6.29. The average Bonchev–Trinajstić information content (AvgIpc) is 3.00. The third-order valence-electron chi connectivity index (χ3n) is 3.58. The van der Waals surface area contributed by atoms with Gasteiger partial charge in [-0.15, -0.1) is 0 Å². The van der Waals surface area contributed by atoms with Gasteiger partial charge < -0.3 is 4.90 Å². The summed E-state index contributed by atoms with van der Waals surface area (Å²) in [5.41, 5.74) is -0.493. The number of halogens is 2. The zero-order valence-corrected chi connectivity index (χ0v) is 11.9. The number of nitrogens with one attached hydrogen (secondary N) is 1. The topological polar surface area (TPSA) is 58.1 Å². The summed E-state index contributed by atoms with van der Waals surface area (Å²) >= 11 is 5.44. The number of aromatic amines is 1. The first kappa shape index (κ1) is 13.9. The fourth-order valence-corrected chi connectivity index (χ4v) is 2.67. The van der Waals surface area contributed by atoms with Gasteiger partial charge in [0.1, 0.15) is 0 Å². The Kier molecular flexibility index (Phi) is 3.55. The van der Waals surface area contributed by atoms with Crippen LogP contribution >= 0.6 is 11.6 Å². The van der Waals surface area contributed by atoms with E-state index in [-0.39, 0.29) is 0 Å². The maximum absolute atomic E-state index is 13.5. The van der Waals surface area contributed by atoms with Crippen LogP contribution in [-0.4, -0.2) is 22.6 Å². The van der Waals surface area contributed by atoms with E-state index in [9.17, 15) is 14.0 Å². The molecule has 110 valence electrons. The van der Waals surface area contributed by atoms with E-state index in [1.807, 2.05) is 12.1 Å². The van der Waals surface area contributed by atoms with Gasteiger partial charge in [-0.3, -0.25) is 9.78 Å². The summed E-state index contributed by atoms with van der Waals surface area (Å²) in [7, 11) is 0. The number of benzene rings is 1. The molecule has 2 heterocycles. The minimum atomic E-state index is -1.17. The Bertz CT molecular complexity index is 776. The maximum Gasteiger partial charge on any atom is 0.334 e. The largest absolute Gasteiger partial charge is 0.372 e. The summed E-state index contributed by atoms with van der Waals surface area (Å²) in [5, 5.41) is -0.574. The molecular weight excluding hydrogens is 297 g/mol. The molecule has 1 saturated heterocycles. The summed E-state index contributed by atoms with van der Waals surface area (Å²) < 4.78 is 14.3. The molecule has 0 saturated carbocycles. The van der Waals surface area contributed by atoms with Crippen LogP contribution in [0.4, 0.5) is 10.1 Å². The van der Waals surface area contributed by atoms with E-state index in [0.29, 0.717) is 5.69 Å². The molecule has 0 atom stereocenters. The van der Waals surface area contributed by atoms with Gasteiger partial charge in [0.05, 0.1) is 5.69 Å². The summed E-state index contributed by atoms with van der Waals surface area (Å²) in [5.74, 6) is -1.17. The lowest BCUT2D eigenvalue weighted by Gasteiger charge is -2.17. The maximum atomic E-state index is 13.5. The third-order valence-corrected chi connectivity index (χ3v) is 3.84. The second-order valence-electron chi connectivity index (χ2n) is 4.91. The second kappa shape index (κ2) is 5.37. The van der Waals surface area contributed by atoms with Crippen molar-refractivity contribution in [1.29, 1.82) is 0 Å². The summed E-state index contributed by atoms with van der Waals surface area (Å²) in [6, 6.07) is 6.88. The zero-order chi connectivity index (χ0) is 15.0. The van der Waals surface area contributed by atoms with Gasteiger partial charge in [-0.05, 0) is 37.1 Å². The molecular formula is C14H13ClFN3O2. The van der Waals surface area contributed by atoms with Gasteiger partial charge in [0.25, 0.3) is 5.56 Å². The molecule has 3 rings (SSSR count). The van der Waals surface area contributed by atoms with Crippen molar-refractivity contribution in [2.45, 2.75) is 12.8 Å². The monoisotopic (exact) mass is 309 g/mol. The van der Waals surface area contributed by atoms with Crippen LogP contribution in [-0.2, 0) is 0 Å². The number of nitrogens with zero attached hydrogens (tertiary/aromatic N) is 2. The van der Waals surface area contributed by atoms with Crippen LogP contribution in [0.1, 0.15) is 12.8 Å². The highest BCUT2D eigenvalue weighted by Gasteiger charge is 2.15. The van der Waals surface area contributed by atoms with Crippen molar-refractivity contribution in [1.82, 2.24) is 9.55 Å². The first-order chi connectivity index (χ1) is 10.1. The third kappa shape index (κ3) is 2.47. The Balaban J connectivity index is 2.04. The minimum absolute atomic E-state index is 0.305. The Morgan fingerprint density at radius 3 is 2.24 bits per heavy atom. The van der Waals surface area contributed by atoms with E-state index in [0.717, 1.165) is 36.2 Å². The smallest absolute Gasteiger partial charge is 0.334 e. The van der Waals surface area contributed by atoms with Crippen molar-refractivity contribution < 1.29 is 4.39 Å². The van der Waals surface area contributed by atoms with E-state index < -0.39 is 22.2 Å². The zero-order valence-electron chi connectivity index (χ0n) is 11.1. The molecule has 5 nitrogen and oxygen atoms in total. The van der Waals surface area contributed by atoms with E-state index >= 15 is 0 Å². The fourth-order valence-electron chi connectivity index (χ4n) is 2.51. The molecule has 0 bridgehead atoms. The second-order valence-corrected chi connectivity index (χ2v) is 5.29. The van der Waals surface area contributed by atoms with Gasteiger partial charge in [-0.2, -0.15) is 4.39 Å². The fraction of sp³-hybridized carbons (Fsp3) is 0.286. The van der Waals surface area contributed by atoms with E-state index in [1.165, 1.54) is 0 Å². The van der Waals surface area contributed by atoms with Crippen molar-refractivity contribution in [3.8, 4) is 5.69 Å². The van der Waals surface area contributed by atoms with Crippen molar-refractivity contribution in [2.24, 2.45) is 0 Å². The highest BCUT2D eigenvalue weighted by Crippen LogP contribution is 2.21. The lowest BCUT2D eigenvalue weighted by atomic mass is 10.2.